The molecule has 0 N–H and O–H groups in total. The van der Waals surface area contributed by atoms with Gasteiger partial charge in [0.2, 0.25) is 5.88 Å². The molecule has 7 heteroatoms. The summed E-state index contributed by atoms with van der Waals surface area (Å²) >= 11 is 0. The van der Waals surface area contributed by atoms with Crippen molar-refractivity contribution < 1.29 is 19.3 Å². The van der Waals surface area contributed by atoms with Gasteiger partial charge >= 0.3 is 11.8 Å². The van der Waals surface area contributed by atoms with Crippen molar-refractivity contribution in [3.05, 3.63) is 23.2 Å². The van der Waals surface area contributed by atoms with E-state index < -0.39 is 11.7 Å². The lowest BCUT2D eigenvalue weighted by atomic mass is 10.1. The molecule has 0 unspecified atom stereocenters. The summed E-state index contributed by atoms with van der Waals surface area (Å²) in [7, 11) is 0. The minimum atomic E-state index is -0.596. The number of ether oxygens (including phenoxy) is 1. The molecule has 0 aromatic carbocycles. The smallest absolute Gasteiger partial charge is 0.391 e. The van der Waals surface area contributed by atoms with Crippen molar-refractivity contribution in [1.82, 2.24) is 9.88 Å². The molecule has 2 rings (SSSR count). The monoisotopic (exact) mass is 308 g/mol. The molecule has 1 amide bonds. The van der Waals surface area contributed by atoms with Crippen LogP contribution in [-0.4, -0.2) is 39.6 Å². The second-order valence-electron chi connectivity index (χ2n) is 6.23. The fourth-order valence-electron chi connectivity index (χ4n) is 2.07. The summed E-state index contributed by atoms with van der Waals surface area (Å²) in [6.45, 7) is 6.76. The van der Waals surface area contributed by atoms with Crippen LogP contribution in [0.3, 0.4) is 0 Å². The highest BCUT2D eigenvalue weighted by molar-refractivity contribution is 5.70. The minimum Gasteiger partial charge on any atom is -0.391 e. The summed E-state index contributed by atoms with van der Waals surface area (Å²) in [6.07, 6.45) is 4.06. The number of amides is 1. The van der Waals surface area contributed by atoms with Crippen molar-refractivity contribution in [1.29, 1.82) is 0 Å². The molecule has 1 fully saturated rings. The summed E-state index contributed by atoms with van der Waals surface area (Å²) in [6, 6.07) is 2.98. The largest absolute Gasteiger partial charge is 0.416 e. The van der Waals surface area contributed by atoms with Crippen molar-refractivity contribution in [3.63, 3.8) is 0 Å². The molecule has 2 heterocycles. The number of pyridine rings is 1. The molecule has 1 aliphatic heterocycles. The van der Waals surface area contributed by atoms with Crippen LogP contribution in [0, 0.1) is 4.91 Å². The van der Waals surface area contributed by atoms with Crippen molar-refractivity contribution in [2.75, 3.05) is 13.1 Å². The molecular formula is C15H22N3O4+. The first-order valence-corrected chi connectivity index (χ1v) is 7.44. The Hall–Kier alpha value is -2.18. The predicted molar refractivity (Wildman–Crippen MR) is 79.8 cm³/mol. The quantitative estimate of drug-likeness (QED) is 0.802. The average molecular weight is 308 g/mol. The van der Waals surface area contributed by atoms with Gasteiger partial charge in [-0.1, -0.05) is 0 Å². The van der Waals surface area contributed by atoms with Gasteiger partial charge in [-0.05, 0) is 40.0 Å². The van der Waals surface area contributed by atoms with Gasteiger partial charge in [0.1, 0.15) is 6.20 Å². The molecule has 7 nitrogen and oxygen atoms in total. The van der Waals surface area contributed by atoms with Crippen molar-refractivity contribution in [2.45, 2.75) is 45.6 Å². The molecule has 1 aromatic heterocycles. The Morgan fingerprint density at radius 3 is 2.45 bits per heavy atom. The lowest BCUT2D eigenvalue weighted by Crippen LogP contribution is -2.37. The number of hydrogen-bond acceptors (Lipinski definition) is 5. The normalized spacial score (nSPS) is 15.3. The molecule has 0 atom stereocenters. The Morgan fingerprint density at radius 1 is 1.23 bits per heavy atom. The zero-order valence-corrected chi connectivity index (χ0v) is 13.2. The van der Waals surface area contributed by atoms with Gasteiger partial charge in [-0.3, -0.25) is 0 Å². The third-order valence-corrected chi connectivity index (χ3v) is 3.09. The first-order chi connectivity index (χ1) is 10.3. The Kier molecular flexibility index (Phi) is 4.95. The highest BCUT2D eigenvalue weighted by Crippen LogP contribution is 2.19. The molecule has 120 valence electrons. The van der Waals surface area contributed by atoms with Crippen LogP contribution >= 0.6 is 0 Å². The SMILES string of the molecule is CC(C)(C)O[N+](=O)c1ccc(OC(=O)N2CCCCC2)nc1. The summed E-state index contributed by atoms with van der Waals surface area (Å²) in [5.41, 5.74) is -0.353. The van der Waals surface area contributed by atoms with E-state index in [-0.39, 0.29) is 11.6 Å². The summed E-state index contributed by atoms with van der Waals surface area (Å²) in [4.78, 5) is 34.9. The van der Waals surface area contributed by atoms with E-state index in [9.17, 15) is 9.70 Å². The molecule has 1 saturated heterocycles. The van der Waals surface area contributed by atoms with E-state index in [1.165, 1.54) is 18.3 Å². The molecule has 0 bridgehead atoms. The molecule has 0 saturated carbocycles. The van der Waals surface area contributed by atoms with E-state index in [1.807, 2.05) is 0 Å². The van der Waals surface area contributed by atoms with Crippen LogP contribution in [0.25, 0.3) is 0 Å². The topological polar surface area (TPSA) is 71.7 Å². The van der Waals surface area contributed by atoms with Crippen LogP contribution < -0.4 is 4.74 Å². The summed E-state index contributed by atoms with van der Waals surface area (Å²) in [5.74, 6) is 0.170. The van der Waals surface area contributed by atoms with E-state index >= 15 is 0 Å². The van der Waals surface area contributed by atoms with Crippen LogP contribution in [0.2, 0.25) is 0 Å². The van der Waals surface area contributed by atoms with Gasteiger partial charge < -0.3 is 9.64 Å². The van der Waals surface area contributed by atoms with Crippen molar-refractivity contribution >= 4 is 11.8 Å². The van der Waals surface area contributed by atoms with Crippen molar-refractivity contribution in [3.8, 4) is 5.88 Å². The van der Waals surface area contributed by atoms with Crippen LogP contribution in [0.5, 0.6) is 5.88 Å². The van der Waals surface area contributed by atoms with E-state index in [1.54, 1.807) is 25.7 Å². The Balaban J connectivity index is 1.94. The van der Waals surface area contributed by atoms with Gasteiger partial charge in [-0.15, -0.1) is 0 Å². The zero-order valence-electron chi connectivity index (χ0n) is 13.2. The first kappa shape index (κ1) is 16.2. The number of carbonyl (C=O) groups excluding carboxylic acids is 1. The standard InChI is InChI=1S/C15H22N3O4/c1-15(2,3)22-18(20)12-7-8-13(16-11-12)21-14(19)17-9-5-4-6-10-17/h7-8,11H,4-6,9-10H2,1-3H3/q+1. The maximum absolute atomic E-state index is 11.9. The van der Waals surface area contributed by atoms with E-state index in [0.29, 0.717) is 18.0 Å². The minimum absolute atomic E-state index is 0.170. The fraction of sp³-hybridized carbons (Fsp3) is 0.600. The molecular weight excluding hydrogens is 286 g/mol. The van der Waals surface area contributed by atoms with Gasteiger partial charge in [0.25, 0.3) is 4.92 Å². The Bertz CT molecular complexity index is 531. The third-order valence-electron chi connectivity index (χ3n) is 3.09. The van der Waals surface area contributed by atoms with E-state index in [2.05, 4.69) is 4.98 Å². The van der Waals surface area contributed by atoms with E-state index in [0.717, 1.165) is 19.3 Å². The Morgan fingerprint density at radius 2 is 1.91 bits per heavy atom. The highest BCUT2D eigenvalue weighted by Gasteiger charge is 2.26. The first-order valence-electron chi connectivity index (χ1n) is 7.44. The number of aromatic nitrogens is 1. The van der Waals surface area contributed by atoms with Crippen LogP contribution in [0.1, 0.15) is 40.0 Å². The average Bonchev–Trinajstić information content (AvgIpc) is 2.47. The summed E-state index contributed by atoms with van der Waals surface area (Å²) in [5, 5.41) is 0. The lowest BCUT2D eigenvalue weighted by molar-refractivity contribution is -0.766. The molecule has 1 aliphatic rings. The number of likely N-dealkylation sites (tertiary alicyclic amines) is 1. The third kappa shape index (κ3) is 4.68. The number of hydrogen-bond donors (Lipinski definition) is 0. The number of carbonyl (C=O) groups is 1. The van der Waals surface area contributed by atoms with Gasteiger partial charge in [-0.2, -0.15) is 0 Å². The zero-order chi connectivity index (χ0) is 16.2. The number of nitrogens with zero attached hydrogens (tertiary/aromatic N) is 3. The van der Waals surface area contributed by atoms with E-state index in [4.69, 9.17) is 9.57 Å². The molecule has 22 heavy (non-hydrogen) atoms. The van der Waals surface area contributed by atoms with Gasteiger partial charge in [-0.25, -0.2) is 14.6 Å². The van der Waals surface area contributed by atoms with Crippen LogP contribution in [0.4, 0.5) is 10.5 Å². The molecule has 0 spiro atoms. The molecule has 0 aliphatic carbocycles. The maximum atomic E-state index is 11.9. The second kappa shape index (κ2) is 6.72. The molecule has 0 radical (unpaired) electrons. The van der Waals surface area contributed by atoms with Crippen LogP contribution in [-0.2, 0) is 4.84 Å². The van der Waals surface area contributed by atoms with Crippen LogP contribution in [0.15, 0.2) is 18.3 Å². The predicted octanol–water partition coefficient (Wildman–Crippen LogP) is 3.21. The maximum Gasteiger partial charge on any atom is 0.416 e. The number of rotatable bonds is 3. The summed E-state index contributed by atoms with van der Waals surface area (Å²) < 4.78 is 5.20. The van der Waals surface area contributed by atoms with Gasteiger partial charge in [0.05, 0.1) is 4.91 Å². The Labute approximate surface area is 129 Å². The lowest BCUT2D eigenvalue weighted by Gasteiger charge is -2.25. The second-order valence-corrected chi connectivity index (χ2v) is 6.23. The highest BCUT2D eigenvalue weighted by atomic mass is 16.8. The van der Waals surface area contributed by atoms with Gasteiger partial charge in [0, 0.05) is 25.2 Å². The van der Waals surface area contributed by atoms with Crippen molar-refractivity contribution in [2.24, 2.45) is 0 Å². The van der Waals surface area contributed by atoms with Gasteiger partial charge in [0.15, 0.2) is 5.60 Å². The number of piperidine rings is 1. The molecule has 1 aromatic rings. The fourth-order valence-corrected chi connectivity index (χ4v) is 2.07.